The van der Waals surface area contributed by atoms with E-state index in [0.717, 1.165) is 0 Å². The first-order valence-electron chi connectivity index (χ1n) is 5.05. The number of hydrogen-bond donors (Lipinski definition) is 3. The van der Waals surface area contributed by atoms with Crippen LogP contribution in [-0.2, 0) is 4.79 Å². The summed E-state index contributed by atoms with van der Waals surface area (Å²) in [6.07, 6.45) is 0.939. The van der Waals surface area contributed by atoms with Gasteiger partial charge in [0.25, 0.3) is 9.70 Å². The lowest BCUT2D eigenvalue weighted by Gasteiger charge is -2.12. The van der Waals surface area contributed by atoms with Crippen LogP contribution >= 0.6 is 34.8 Å². The number of aromatic nitrogens is 1. The molecule has 0 saturated heterocycles. The molecule has 0 saturated carbocycles. The third-order valence-electron chi connectivity index (χ3n) is 1.86. The number of amides is 1. The number of anilines is 2. The Hall–Kier alpha value is -0.750. The Bertz CT molecular complexity index is 404. The summed E-state index contributed by atoms with van der Waals surface area (Å²) in [4.78, 5) is 15.4. The minimum absolute atomic E-state index is 0.382. The van der Waals surface area contributed by atoms with E-state index < -0.39 is 15.8 Å². The van der Waals surface area contributed by atoms with Gasteiger partial charge in [-0.25, -0.2) is 4.98 Å². The summed E-state index contributed by atoms with van der Waals surface area (Å²) < 4.78 is -2.01. The maximum Gasteiger partial charge on any atom is 0.276 e. The van der Waals surface area contributed by atoms with Crippen LogP contribution < -0.4 is 10.6 Å². The molecular weight excluding hydrogens is 300 g/mol. The number of rotatable bonds is 4. The molecule has 1 aromatic heterocycles. The van der Waals surface area contributed by atoms with Crippen LogP contribution in [0.15, 0.2) is 18.3 Å². The first kappa shape index (κ1) is 15.3. The van der Waals surface area contributed by atoms with E-state index in [2.05, 4.69) is 15.6 Å². The van der Waals surface area contributed by atoms with Gasteiger partial charge in [0.15, 0.2) is 0 Å². The zero-order chi connectivity index (χ0) is 13.8. The minimum atomic E-state index is -2.01. The Morgan fingerprint density at radius 1 is 1.50 bits per heavy atom. The second-order valence-corrected chi connectivity index (χ2v) is 5.90. The Morgan fingerprint density at radius 3 is 2.61 bits per heavy atom. The number of halogens is 3. The van der Waals surface area contributed by atoms with Crippen LogP contribution in [0.3, 0.4) is 0 Å². The van der Waals surface area contributed by atoms with Crippen molar-refractivity contribution in [2.45, 2.75) is 16.8 Å². The normalized spacial score (nSPS) is 12.9. The zero-order valence-corrected chi connectivity index (χ0v) is 11.7. The van der Waals surface area contributed by atoms with Crippen molar-refractivity contribution in [1.82, 2.24) is 4.98 Å². The van der Waals surface area contributed by atoms with Gasteiger partial charge in [-0.05, 0) is 19.1 Å². The average molecular weight is 313 g/mol. The fourth-order valence-electron chi connectivity index (χ4n) is 1.03. The highest BCUT2D eigenvalue weighted by Gasteiger charge is 2.30. The van der Waals surface area contributed by atoms with Crippen molar-refractivity contribution in [2.75, 3.05) is 17.2 Å². The highest BCUT2D eigenvalue weighted by Crippen LogP contribution is 2.27. The summed E-state index contributed by atoms with van der Waals surface area (Å²) >= 11 is 16.2. The number of aliphatic hydroxyl groups excluding tert-OH is 1. The number of carbonyl (C=O) groups is 1. The van der Waals surface area contributed by atoms with Crippen molar-refractivity contribution in [2.24, 2.45) is 0 Å². The number of nitrogens with one attached hydrogen (secondary N) is 2. The summed E-state index contributed by atoms with van der Waals surface area (Å²) in [5.74, 6) is -0.179. The summed E-state index contributed by atoms with van der Waals surface area (Å²) in [6.45, 7) is 2.04. The molecule has 3 N–H and O–H groups in total. The Labute approximate surface area is 119 Å². The van der Waals surface area contributed by atoms with E-state index >= 15 is 0 Å². The zero-order valence-electron chi connectivity index (χ0n) is 9.45. The molecule has 0 radical (unpaired) electrons. The first-order valence-corrected chi connectivity index (χ1v) is 6.18. The molecule has 1 amide bonds. The van der Waals surface area contributed by atoms with Gasteiger partial charge >= 0.3 is 0 Å². The van der Waals surface area contributed by atoms with Crippen molar-refractivity contribution >= 4 is 52.2 Å². The van der Waals surface area contributed by atoms with E-state index in [4.69, 9.17) is 39.9 Å². The van der Waals surface area contributed by atoms with Crippen molar-refractivity contribution in [1.29, 1.82) is 0 Å². The molecule has 1 heterocycles. The standard InChI is InChI=1S/C10H12Cl3N3O2/c1-6(17)4-14-8-3-2-7(5-15-8)16-9(18)10(11,12)13/h2-3,5-6,17H,4H2,1H3,(H,14,15)(H,16,18). The second-order valence-electron chi connectivity index (χ2n) is 3.61. The van der Waals surface area contributed by atoms with E-state index in [1.54, 1.807) is 19.1 Å². The van der Waals surface area contributed by atoms with Crippen LogP contribution in [0.5, 0.6) is 0 Å². The summed E-state index contributed by atoms with van der Waals surface area (Å²) in [5, 5.41) is 14.4. The Morgan fingerprint density at radius 2 is 2.17 bits per heavy atom. The van der Waals surface area contributed by atoms with Crippen molar-refractivity contribution < 1.29 is 9.90 Å². The van der Waals surface area contributed by atoms with E-state index in [0.29, 0.717) is 18.1 Å². The predicted octanol–water partition coefficient (Wildman–Crippen LogP) is 2.18. The molecule has 1 rings (SSSR count). The number of pyridine rings is 1. The number of carbonyl (C=O) groups excluding carboxylic acids is 1. The van der Waals surface area contributed by atoms with Crippen molar-refractivity contribution in [3.05, 3.63) is 18.3 Å². The molecule has 0 fully saturated rings. The van der Waals surface area contributed by atoms with Gasteiger partial charge in [-0.3, -0.25) is 4.79 Å². The van der Waals surface area contributed by atoms with E-state index in [9.17, 15) is 4.79 Å². The Balaban J connectivity index is 2.58. The highest BCUT2D eigenvalue weighted by atomic mass is 35.6. The van der Waals surface area contributed by atoms with Crippen LogP contribution in [0.25, 0.3) is 0 Å². The summed E-state index contributed by atoms with van der Waals surface area (Å²) in [6, 6.07) is 3.24. The van der Waals surface area contributed by atoms with Crippen molar-refractivity contribution in [3.63, 3.8) is 0 Å². The van der Waals surface area contributed by atoms with Crippen LogP contribution in [-0.4, -0.2) is 32.4 Å². The lowest BCUT2D eigenvalue weighted by atomic mass is 10.3. The molecule has 5 nitrogen and oxygen atoms in total. The number of hydrogen-bond acceptors (Lipinski definition) is 4. The van der Waals surface area contributed by atoms with E-state index in [1.807, 2.05) is 0 Å². The molecule has 0 aliphatic carbocycles. The molecule has 0 spiro atoms. The second kappa shape index (κ2) is 6.43. The molecule has 0 bridgehead atoms. The highest BCUT2D eigenvalue weighted by molar-refractivity contribution is 6.76. The molecule has 0 aromatic carbocycles. The fourth-order valence-corrected chi connectivity index (χ4v) is 1.17. The van der Waals surface area contributed by atoms with Gasteiger partial charge in [0, 0.05) is 6.54 Å². The monoisotopic (exact) mass is 311 g/mol. The SMILES string of the molecule is CC(O)CNc1ccc(NC(=O)C(Cl)(Cl)Cl)cn1. The topological polar surface area (TPSA) is 74.2 Å². The van der Waals surface area contributed by atoms with Gasteiger partial charge in [-0.1, -0.05) is 34.8 Å². The van der Waals surface area contributed by atoms with E-state index in [1.165, 1.54) is 6.20 Å². The van der Waals surface area contributed by atoms with Crippen LogP contribution in [0.4, 0.5) is 11.5 Å². The molecule has 1 atom stereocenters. The quantitative estimate of drug-likeness (QED) is 0.745. The number of aliphatic hydroxyl groups is 1. The van der Waals surface area contributed by atoms with Gasteiger partial charge in [-0.15, -0.1) is 0 Å². The van der Waals surface area contributed by atoms with E-state index in [-0.39, 0.29) is 0 Å². The molecular formula is C10H12Cl3N3O2. The molecule has 18 heavy (non-hydrogen) atoms. The van der Waals surface area contributed by atoms with Gasteiger partial charge in [-0.2, -0.15) is 0 Å². The molecule has 1 unspecified atom stereocenters. The van der Waals surface area contributed by atoms with Crippen LogP contribution in [0.1, 0.15) is 6.92 Å². The number of nitrogens with zero attached hydrogens (tertiary/aromatic N) is 1. The van der Waals surface area contributed by atoms with Crippen molar-refractivity contribution in [3.8, 4) is 0 Å². The number of alkyl halides is 3. The third-order valence-corrected chi connectivity index (χ3v) is 2.37. The molecule has 1 aromatic rings. The van der Waals surface area contributed by atoms with Gasteiger partial charge in [0.2, 0.25) is 0 Å². The lowest BCUT2D eigenvalue weighted by Crippen LogP contribution is -2.27. The van der Waals surface area contributed by atoms with Crippen LogP contribution in [0.2, 0.25) is 0 Å². The lowest BCUT2D eigenvalue weighted by molar-refractivity contribution is -0.115. The van der Waals surface area contributed by atoms with Crippen LogP contribution in [0, 0.1) is 0 Å². The first-order chi connectivity index (χ1) is 8.29. The largest absolute Gasteiger partial charge is 0.392 e. The molecule has 100 valence electrons. The van der Waals surface area contributed by atoms with Gasteiger partial charge < -0.3 is 15.7 Å². The minimum Gasteiger partial charge on any atom is -0.392 e. The summed E-state index contributed by atoms with van der Waals surface area (Å²) in [7, 11) is 0. The smallest absolute Gasteiger partial charge is 0.276 e. The maximum absolute atomic E-state index is 11.4. The maximum atomic E-state index is 11.4. The fraction of sp³-hybridized carbons (Fsp3) is 0.400. The Kier molecular flexibility index (Phi) is 5.47. The van der Waals surface area contributed by atoms with Gasteiger partial charge in [0.05, 0.1) is 18.0 Å². The summed E-state index contributed by atoms with van der Waals surface area (Å²) in [5.41, 5.74) is 0.411. The van der Waals surface area contributed by atoms with Gasteiger partial charge in [0.1, 0.15) is 5.82 Å². The average Bonchev–Trinajstić information content (AvgIpc) is 2.26. The molecule has 0 aliphatic heterocycles. The third kappa shape index (κ3) is 5.27. The predicted molar refractivity (Wildman–Crippen MR) is 73.3 cm³/mol. The molecule has 8 heteroatoms. The molecule has 0 aliphatic rings.